The van der Waals surface area contributed by atoms with Gasteiger partial charge in [0.05, 0.1) is 0 Å². The van der Waals surface area contributed by atoms with Crippen LogP contribution in [0.1, 0.15) is 51.5 Å². The molecule has 3 rings (SSSR count). The van der Waals surface area contributed by atoms with Gasteiger partial charge in [-0.05, 0) is 18.4 Å². The zero-order valence-corrected chi connectivity index (χ0v) is 12.2. The molecule has 3 nitrogen and oxygen atoms in total. The van der Waals surface area contributed by atoms with Gasteiger partial charge in [0.15, 0.2) is 5.60 Å². The summed E-state index contributed by atoms with van der Waals surface area (Å²) in [4.78, 5) is 12.7. The Labute approximate surface area is 120 Å². The van der Waals surface area contributed by atoms with Gasteiger partial charge in [0.2, 0.25) is 5.79 Å². The number of rotatable bonds is 2. The first-order valence-corrected chi connectivity index (χ1v) is 7.54. The molecule has 1 atom stereocenters. The minimum Gasteiger partial charge on any atom is -0.431 e. The number of ether oxygens (including phenoxy) is 2. The Bertz CT molecular complexity index is 488. The molecule has 1 saturated carbocycles. The van der Waals surface area contributed by atoms with Crippen molar-refractivity contribution in [3.63, 3.8) is 0 Å². The van der Waals surface area contributed by atoms with Crippen LogP contribution in [0.25, 0.3) is 0 Å². The van der Waals surface area contributed by atoms with Gasteiger partial charge in [-0.2, -0.15) is 0 Å². The normalized spacial score (nSPS) is 30.2. The molecular weight excluding hydrogens is 252 g/mol. The first-order valence-electron chi connectivity index (χ1n) is 7.54. The lowest BCUT2D eigenvalue weighted by molar-refractivity contribution is -0.179. The molecule has 3 heteroatoms. The van der Waals surface area contributed by atoms with Crippen molar-refractivity contribution in [1.29, 1.82) is 0 Å². The van der Waals surface area contributed by atoms with Crippen LogP contribution in [0.3, 0.4) is 0 Å². The first kappa shape index (κ1) is 13.6. The number of carbonyl (C=O) groups excluding carboxylic acids is 1. The first-order chi connectivity index (χ1) is 9.55. The molecule has 0 spiro atoms. The molecular formula is C17H22O3. The van der Waals surface area contributed by atoms with Gasteiger partial charge < -0.3 is 9.47 Å². The van der Waals surface area contributed by atoms with E-state index in [9.17, 15) is 4.79 Å². The summed E-state index contributed by atoms with van der Waals surface area (Å²) < 4.78 is 11.7. The molecule has 1 saturated heterocycles. The van der Waals surface area contributed by atoms with Gasteiger partial charge in [-0.3, -0.25) is 0 Å². The molecule has 2 aliphatic rings. The number of esters is 1. The highest BCUT2D eigenvalue weighted by atomic mass is 16.8. The molecule has 1 aliphatic heterocycles. The third kappa shape index (κ3) is 2.14. The number of cyclic esters (lactones) is 1. The molecule has 1 unspecified atom stereocenters. The molecule has 20 heavy (non-hydrogen) atoms. The minimum atomic E-state index is -0.912. The number of hydrogen-bond acceptors (Lipinski definition) is 3. The Morgan fingerprint density at radius 3 is 2.25 bits per heavy atom. The molecule has 0 bridgehead atoms. The highest BCUT2D eigenvalue weighted by Gasteiger charge is 2.59. The van der Waals surface area contributed by atoms with E-state index in [0.29, 0.717) is 0 Å². The summed E-state index contributed by atoms with van der Waals surface area (Å²) in [6.07, 6.45) is 5.63. The van der Waals surface area contributed by atoms with Gasteiger partial charge in [0.25, 0.3) is 0 Å². The summed E-state index contributed by atoms with van der Waals surface area (Å²) in [5.74, 6) is -0.849. The van der Waals surface area contributed by atoms with Crippen LogP contribution in [-0.2, 0) is 19.9 Å². The summed E-state index contributed by atoms with van der Waals surface area (Å²) >= 11 is 0. The van der Waals surface area contributed by atoms with E-state index in [1.54, 1.807) is 0 Å². The molecule has 1 aromatic carbocycles. The Hall–Kier alpha value is -1.35. The smallest absolute Gasteiger partial charge is 0.346 e. The van der Waals surface area contributed by atoms with E-state index in [1.807, 2.05) is 44.2 Å². The van der Waals surface area contributed by atoms with E-state index >= 15 is 0 Å². The van der Waals surface area contributed by atoms with E-state index in [-0.39, 0.29) is 11.9 Å². The Balaban J connectivity index is 2.06. The molecule has 2 fully saturated rings. The standard InChI is InChI=1S/C17H22O3/c1-16(2)19-15(18)17(20-16,13-9-5-3-6-10-13)14-11-7-4-8-12-14/h3,5-6,9-10,14H,4,7-8,11-12H2,1-2H3. The van der Waals surface area contributed by atoms with Crippen LogP contribution in [0.5, 0.6) is 0 Å². The van der Waals surface area contributed by atoms with E-state index in [0.717, 1.165) is 31.2 Å². The highest BCUT2D eigenvalue weighted by Crippen LogP contribution is 2.49. The monoisotopic (exact) mass is 274 g/mol. The van der Waals surface area contributed by atoms with E-state index < -0.39 is 11.4 Å². The van der Waals surface area contributed by atoms with Crippen LogP contribution in [0.4, 0.5) is 0 Å². The van der Waals surface area contributed by atoms with Crippen molar-refractivity contribution >= 4 is 5.97 Å². The molecule has 1 aliphatic carbocycles. The third-order valence-electron chi connectivity index (χ3n) is 4.43. The average molecular weight is 274 g/mol. The fourth-order valence-corrected chi connectivity index (χ4v) is 3.61. The quantitative estimate of drug-likeness (QED) is 0.770. The largest absolute Gasteiger partial charge is 0.431 e. The van der Waals surface area contributed by atoms with Crippen molar-refractivity contribution in [2.45, 2.75) is 57.3 Å². The maximum atomic E-state index is 12.7. The van der Waals surface area contributed by atoms with Gasteiger partial charge in [-0.15, -0.1) is 0 Å². The second kappa shape index (κ2) is 4.88. The van der Waals surface area contributed by atoms with Crippen LogP contribution in [0.2, 0.25) is 0 Å². The van der Waals surface area contributed by atoms with Crippen molar-refractivity contribution in [3.8, 4) is 0 Å². The van der Waals surface area contributed by atoms with Crippen molar-refractivity contribution < 1.29 is 14.3 Å². The summed E-state index contributed by atoms with van der Waals surface area (Å²) in [5, 5.41) is 0. The fraction of sp³-hybridized carbons (Fsp3) is 0.588. The van der Waals surface area contributed by atoms with E-state index in [1.165, 1.54) is 6.42 Å². The third-order valence-corrected chi connectivity index (χ3v) is 4.43. The van der Waals surface area contributed by atoms with E-state index in [2.05, 4.69) is 0 Å². The molecule has 1 heterocycles. The van der Waals surface area contributed by atoms with Gasteiger partial charge in [-0.25, -0.2) is 4.79 Å². The zero-order valence-electron chi connectivity index (χ0n) is 12.2. The fourth-order valence-electron chi connectivity index (χ4n) is 3.61. The van der Waals surface area contributed by atoms with Crippen LogP contribution in [0, 0.1) is 5.92 Å². The lowest BCUT2D eigenvalue weighted by Gasteiger charge is -2.36. The molecule has 0 N–H and O–H groups in total. The van der Waals surface area contributed by atoms with Crippen molar-refractivity contribution in [3.05, 3.63) is 35.9 Å². The van der Waals surface area contributed by atoms with Crippen LogP contribution in [0.15, 0.2) is 30.3 Å². The predicted molar refractivity (Wildman–Crippen MR) is 76.0 cm³/mol. The molecule has 0 amide bonds. The maximum absolute atomic E-state index is 12.7. The Morgan fingerprint density at radius 1 is 1.05 bits per heavy atom. The second-order valence-corrected chi connectivity index (χ2v) is 6.33. The Kier molecular flexibility index (Phi) is 3.33. The van der Waals surface area contributed by atoms with Gasteiger partial charge >= 0.3 is 5.97 Å². The summed E-state index contributed by atoms with van der Waals surface area (Å²) in [7, 11) is 0. The average Bonchev–Trinajstić information content (AvgIpc) is 2.71. The van der Waals surface area contributed by atoms with Gasteiger partial charge in [0.1, 0.15) is 0 Å². The van der Waals surface area contributed by atoms with Crippen LogP contribution in [-0.4, -0.2) is 11.8 Å². The van der Waals surface area contributed by atoms with Crippen molar-refractivity contribution in [1.82, 2.24) is 0 Å². The van der Waals surface area contributed by atoms with E-state index in [4.69, 9.17) is 9.47 Å². The number of carbonyl (C=O) groups is 1. The van der Waals surface area contributed by atoms with Gasteiger partial charge in [0, 0.05) is 19.8 Å². The van der Waals surface area contributed by atoms with Gasteiger partial charge in [-0.1, -0.05) is 49.6 Å². The highest BCUT2D eigenvalue weighted by molar-refractivity contribution is 5.83. The SMILES string of the molecule is CC1(C)OC(=O)C(c2ccccc2)(C2CCCCC2)O1. The summed E-state index contributed by atoms with van der Waals surface area (Å²) in [5.41, 5.74) is 0.0213. The molecule has 1 aromatic rings. The number of benzene rings is 1. The summed E-state index contributed by atoms with van der Waals surface area (Å²) in [6.45, 7) is 3.64. The van der Waals surface area contributed by atoms with Crippen LogP contribution >= 0.6 is 0 Å². The van der Waals surface area contributed by atoms with Crippen molar-refractivity contribution in [2.75, 3.05) is 0 Å². The maximum Gasteiger partial charge on any atom is 0.346 e. The zero-order chi connectivity index (χ0) is 14.2. The summed E-state index contributed by atoms with van der Waals surface area (Å²) in [6, 6.07) is 9.85. The molecule has 0 aromatic heterocycles. The lowest BCUT2D eigenvalue weighted by Crippen LogP contribution is -2.43. The lowest BCUT2D eigenvalue weighted by atomic mass is 9.73. The van der Waals surface area contributed by atoms with Crippen LogP contribution < -0.4 is 0 Å². The Morgan fingerprint density at radius 2 is 1.70 bits per heavy atom. The number of hydrogen-bond donors (Lipinski definition) is 0. The second-order valence-electron chi connectivity index (χ2n) is 6.33. The van der Waals surface area contributed by atoms with Crippen molar-refractivity contribution in [2.24, 2.45) is 5.92 Å². The molecule has 0 radical (unpaired) electrons. The molecule has 108 valence electrons. The topological polar surface area (TPSA) is 35.5 Å². The predicted octanol–water partition coefficient (Wildman–Crippen LogP) is 3.77. The minimum absolute atomic E-state index is 0.216.